The Hall–Kier alpha value is -4.04. The van der Waals surface area contributed by atoms with Gasteiger partial charge in [0.15, 0.2) is 0 Å². The first-order valence-electron chi connectivity index (χ1n) is 10.5. The van der Waals surface area contributed by atoms with Crippen LogP contribution in [0.4, 0.5) is 28.4 Å². The van der Waals surface area contributed by atoms with E-state index in [1.54, 1.807) is 0 Å². The fourth-order valence-corrected chi connectivity index (χ4v) is 4.13. The van der Waals surface area contributed by atoms with Gasteiger partial charge in [-0.05, 0) is 48.5 Å². The zero-order valence-corrected chi connectivity index (χ0v) is 17.5. The van der Waals surface area contributed by atoms with Crippen LogP contribution >= 0.6 is 0 Å². The highest BCUT2D eigenvalue weighted by Gasteiger charge is 2.17. The van der Waals surface area contributed by atoms with Crippen molar-refractivity contribution in [2.75, 3.05) is 16.8 Å². The lowest BCUT2D eigenvalue weighted by Crippen LogP contribution is -2.13. The summed E-state index contributed by atoms with van der Waals surface area (Å²) in [6.45, 7) is 0. The molecule has 5 aromatic rings. The van der Waals surface area contributed by atoms with Crippen LogP contribution in [0.2, 0.25) is 0 Å². The predicted octanol–water partition coefficient (Wildman–Crippen LogP) is 8.08. The first-order valence-corrected chi connectivity index (χ1v) is 10.5. The smallest absolute Gasteiger partial charge is 0.0541 e. The number of rotatable bonds is 5. The molecule has 0 amide bonds. The van der Waals surface area contributed by atoms with E-state index >= 15 is 0 Å². The SMILES string of the molecule is CN(c1ccccc1)c1ccc(N(c2ccccc2)c2ccccc2)c2ccccc12. The van der Waals surface area contributed by atoms with Crippen molar-refractivity contribution in [3.8, 4) is 0 Å². The molecule has 5 rings (SSSR count). The van der Waals surface area contributed by atoms with Crippen molar-refractivity contribution in [2.45, 2.75) is 0 Å². The van der Waals surface area contributed by atoms with Gasteiger partial charge >= 0.3 is 0 Å². The van der Waals surface area contributed by atoms with E-state index in [9.17, 15) is 0 Å². The first kappa shape index (κ1) is 19.0. The monoisotopic (exact) mass is 400 g/mol. The Balaban J connectivity index is 1.71. The van der Waals surface area contributed by atoms with Crippen molar-refractivity contribution in [3.63, 3.8) is 0 Å². The van der Waals surface area contributed by atoms with Gasteiger partial charge in [0, 0.05) is 40.6 Å². The lowest BCUT2D eigenvalue weighted by molar-refractivity contribution is 1.22. The van der Waals surface area contributed by atoms with Crippen LogP contribution in [0, 0.1) is 0 Å². The third-order valence-corrected chi connectivity index (χ3v) is 5.65. The average molecular weight is 401 g/mol. The van der Waals surface area contributed by atoms with Crippen LogP contribution in [0.15, 0.2) is 127 Å². The second-order valence-corrected chi connectivity index (χ2v) is 7.55. The lowest BCUT2D eigenvalue weighted by Gasteiger charge is -2.29. The fraction of sp³-hybridized carbons (Fsp3) is 0.0345. The van der Waals surface area contributed by atoms with Gasteiger partial charge in [-0.15, -0.1) is 0 Å². The van der Waals surface area contributed by atoms with Gasteiger partial charge in [-0.25, -0.2) is 0 Å². The summed E-state index contributed by atoms with van der Waals surface area (Å²) in [4.78, 5) is 4.58. The molecule has 0 saturated carbocycles. The molecule has 0 aromatic heterocycles. The Morgan fingerprint density at radius 3 is 1.29 bits per heavy atom. The summed E-state index contributed by atoms with van der Waals surface area (Å²) < 4.78 is 0. The Morgan fingerprint density at radius 1 is 0.387 bits per heavy atom. The van der Waals surface area contributed by atoms with E-state index in [-0.39, 0.29) is 0 Å². The van der Waals surface area contributed by atoms with E-state index in [0.29, 0.717) is 0 Å². The van der Waals surface area contributed by atoms with Crippen molar-refractivity contribution >= 4 is 39.2 Å². The average Bonchev–Trinajstić information content (AvgIpc) is 2.86. The highest BCUT2D eigenvalue weighted by Crippen LogP contribution is 2.42. The molecule has 2 nitrogen and oxygen atoms in total. The molecule has 0 unspecified atom stereocenters. The maximum Gasteiger partial charge on any atom is 0.0541 e. The molecule has 150 valence electrons. The number of nitrogens with zero attached hydrogens (tertiary/aromatic N) is 2. The number of hydrogen-bond donors (Lipinski definition) is 0. The second kappa shape index (κ2) is 8.37. The molecule has 0 N–H and O–H groups in total. The number of para-hydroxylation sites is 3. The number of benzene rings is 5. The topological polar surface area (TPSA) is 6.48 Å². The Kier molecular flexibility index (Phi) is 5.12. The van der Waals surface area contributed by atoms with Crippen LogP contribution in [0.5, 0.6) is 0 Å². The largest absolute Gasteiger partial charge is 0.344 e. The predicted molar refractivity (Wildman–Crippen MR) is 133 cm³/mol. The van der Waals surface area contributed by atoms with Gasteiger partial charge in [0.1, 0.15) is 0 Å². The highest BCUT2D eigenvalue weighted by molar-refractivity contribution is 6.05. The third-order valence-electron chi connectivity index (χ3n) is 5.65. The van der Waals surface area contributed by atoms with E-state index in [1.165, 1.54) is 27.8 Å². The molecule has 2 heteroatoms. The number of hydrogen-bond acceptors (Lipinski definition) is 2. The zero-order chi connectivity index (χ0) is 21.0. The fourth-order valence-electron chi connectivity index (χ4n) is 4.13. The molecule has 0 spiro atoms. The summed E-state index contributed by atoms with van der Waals surface area (Å²) in [5.74, 6) is 0. The van der Waals surface area contributed by atoms with Crippen molar-refractivity contribution in [1.29, 1.82) is 0 Å². The van der Waals surface area contributed by atoms with Gasteiger partial charge < -0.3 is 9.80 Å². The van der Waals surface area contributed by atoms with Gasteiger partial charge in [-0.1, -0.05) is 78.9 Å². The molecule has 0 atom stereocenters. The molecular weight excluding hydrogens is 376 g/mol. The molecule has 31 heavy (non-hydrogen) atoms. The molecule has 0 aliphatic heterocycles. The third kappa shape index (κ3) is 3.64. The van der Waals surface area contributed by atoms with Crippen LogP contribution in [-0.2, 0) is 0 Å². The summed E-state index contributed by atoms with van der Waals surface area (Å²) in [5.41, 5.74) is 5.80. The normalized spacial score (nSPS) is 10.7. The summed E-state index contributed by atoms with van der Waals surface area (Å²) in [6.07, 6.45) is 0. The molecule has 0 fully saturated rings. The molecule has 0 saturated heterocycles. The number of anilines is 5. The van der Waals surface area contributed by atoms with Gasteiger partial charge in [-0.3, -0.25) is 0 Å². The molecule has 5 aromatic carbocycles. The van der Waals surface area contributed by atoms with Crippen LogP contribution in [-0.4, -0.2) is 7.05 Å². The lowest BCUT2D eigenvalue weighted by atomic mass is 10.0. The minimum absolute atomic E-state index is 1.14. The maximum absolute atomic E-state index is 2.33. The highest BCUT2D eigenvalue weighted by atomic mass is 15.1. The van der Waals surface area contributed by atoms with Crippen LogP contribution in [0.1, 0.15) is 0 Å². The van der Waals surface area contributed by atoms with Gasteiger partial charge in [-0.2, -0.15) is 0 Å². The van der Waals surface area contributed by atoms with Crippen molar-refractivity contribution < 1.29 is 0 Å². The van der Waals surface area contributed by atoms with E-state index < -0.39 is 0 Å². The van der Waals surface area contributed by atoms with E-state index in [0.717, 1.165) is 11.4 Å². The molecule has 0 aliphatic carbocycles. The van der Waals surface area contributed by atoms with Crippen LogP contribution in [0.25, 0.3) is 10.8 Å². The molecule has 0 bridgehead atoms. The number of fused-ring (bicyclic) bond motifs is 1. The minimum atomic E-state index is 1.14. The Morgan fingerprint density at radius 2 is 0.774 bits per heavy atom. The van der Waals surface area contributed by atoms with Gasteiger partial charge in [0.05, 0.1) is 5.69 Å². The molecule has 0 radical (unpaired) electrons. The van der Waals surface area contributed by atoms with Crippen LogP contribution in [0.3, 0.4) is 0 Å². The zero-order valence-electron chi connectivity index (χ0n) is 17.5. The second-order valence-electron chi connectivity index (χ2n) is 7.55. The van der Waals surface area contributed by atoms with Crippen LogP contribution < -0.4 is 9.80 Å². The summed E-state index contributed by atoms with van der Waals surface area (Å²) in [7, 11) is 2.13. The van der Waals surface area contributed by atoms with E-state index in [1.807, 2.05) is 0 Å². The Bertz CT molecular complexity index is 1240. The van der Waals surface area contributed by atoms with Crippen molar-refractivity contribution in [2.24, 2.45) is 0 Å². The van der Waals surface area contributed by atoms with Gasteiger partial charge in [0.25, 0.3) is 0 Å². The maximum atomic E-state index is 2.33. The quantitative estimate of drug-likeness (QED) is 0.294. The molecule has 0 heterocycles. The molecule has 0 aliphatic rings. The van der Waals surface area contributed by atoms with E-state index in [4.69, 9.17) is 0 Å². The van der Waals surface area contributed by atoms with Gasteiger partial charge in [0.2, 0.25) is 0 Å². The summed E-state index contributed by atoms with van der Waals surface area (Å²) >= 11 is 0. The van der Waals surface area contributed by atoms with Crippen molar-refractivity contribution in [1.82, 2.24) is 0 Å². The summed E-state index contributed by atoms with van der Waals surface area (Å²) in [6, 6.07) is 44.7. The summed E-state index contributed by atoms with van der Waals surface area (Å²) in [5, 5.41) is 2.44. The van der Waals surface area contributed by atoms with E-state index in [2.05, 4.69) is 144 Å². The Labute approximate surface area is 183 Å². The standard InChI is InChI=1S/C29H24N2/c1-30(23-13-5-2-6-14-23)28-21-22-29(27-20-12-11-19-26(27)28)31(24-15-7-3-8-16-24)25-17-9-4-10-18-25/h2-22H,1H3. The minimum Gasteiger partial charge on any atom is -0.344 e. The van der Waals surface area contributed by atoms with Crippen molar-refractivity contribution in [3.05, 3.63) is 127 Å². The molecular formula is C29H24N2. The first-order chi connectivity index (χ1) is 15.3.